The van der Waals surface area contributed by atoms with Gasteiger partial charge in [0.15, 0.2) is 0 Å². The zero-order valence-corrected chi connectivity index (χ0v) is 22.1. The lowest BCUT2D eigenvalue weighted by molar-refractivity contribution is -0.136. The molecule has 2 aliphatic rings. The highest BCUT2D eigenvalue weighted by Crippen LogP contribution is 2.33. The minimum Gasteiger partial charge on any atom is -0.490 e. The number of benzene rings is 1. The molecule has 0 spiro atoms. The molecule has 2 fully saturated rings. The zero-order valence-electron chi connectivity index (χ0n) is 20.6. The average Bonchev–Trinajstić information content (AvgIpc) is 2.87. The van der Waals surface area contributed by atoms with E-state index in [4.69, 9.17) is 37.4 Å². The van der Waals surface area contributed by atoms with Crippen molar-refractivity contribution in [2.45, 2.75) is 38.2 Å². The Bertz CT molecular complexity index is 1060. The van der Waals surface area contributed by atoms with E-state index in [0.29, 0.717) is 27.3 Å². The maximum atomic E-state index is 11.5. The summed E-state index contributed by atoms with van der Waals surface area (Å²) in [5, 5.41) is 10.4. The van der Waals surface area contributed by atoms with Gasteiger partial charge in [-0.25, -0.2) is 0 Å². The molecule has 2 saturated heterocycles. The van der Waals surface area contributed by atoms with Crippen molar-refractivity contribution >= 4 is 35.0 Å². The van der Waals surface area contributed by atoms with Gasteiger partial charge in [0.05, 0.1) is 36.2 Å². The van der Waals surface area contributed by atoms with Gasteiger partial charge >= 0.3 is 12.0 Å². The van der Waals surface area contributed by atoms with Crippen LogP contribution in [0, 0.1) is 5.92 Å². The fourth-order valence-electron chi connectivity index (χ4n) is 4.91. The predicted octanol–water partition coefficient (Wildman–Crippen LogP) is 4.19. The Morgan fingerprint density at radius 1 is 1.03 bits per heavy atom. The van der Waals surface area contributed by atoms with Crippen LogP contribution in [0.15, 0.2) is 18.2 Å². The summed E-state index contributed by atoms with van der Waals surface area (Å²) in [4.78, 5) is 24.8. The summed E-state index contributed by atoms with van der Waals surface area (Å²) >= 11 is 12.1. The van der Waals surface area contributed by atoms with Crippen molar-refractivity contribution in [2.24, 2.45) is 5.92 Å². The van der Waals surface area contributed by atoms with E-state index in [2.05, 4.69) is 19.8 Å². The van der Waals surface area contributed by atoms with Crippen LogP contribution >= 0.6 is 23.2 Å². The molecule has 4 rings (SSSR count). The third-order valence-corrected chi connectivity index (χ3v) is 7.53. The minimum atomic E-state index is -0.954. The lowest BCUT2D eigenvalue weighted by Crippen LogP contribution is -2.43. The molecule has 1 aromatic carbocycles. The van der Waals surface area contributed by atoms with E-state index in [9.17, 15) is 9.90 Å². The fourth-order valence-corrected chi connectivity index (χ4v) is 5.19. The first-order valence-corrected chi connectivity index (χ1v) is 12.9. The second-order valence-electron chi connectivity index (χ2n) is 9.22. The van der Waals surface area contributed by atoms with E-state index in [0.717, 1.165) is 64.2 Å². The highest BCUT2D eigenvalue weighted by atomic mass is 35.5. The first-order chi connectivity index (χ1) is 17.4. The van der Waals surface area contributed by atoms with Gasteiger partial charge in [-0.3, -0.25) is 4.79 Å². The zero-order chi connectivity index (χ0) is 25.7. The van der Waals surface area contributed by atoms with Crippen LogP contribution in [0.2, 0.25) is 10.0 Å². The molecule has 3 heterocycles. The van der Waals surface area contributed by atoms with Crippen molar-refractivity contribution in [3.63, 3.8) is 0 Å². The number of nitrogens with zero attached hydrogens (tertiary/aromatic N) is 4. The first-order valence-electron chi connectivity index (χ1n) is 12.2. The normalized spacial score (nSPS) is 17.7. The number of hydrogen-bond acceptors (Lipinski definition) is 8. The smallest absolute Gasteiger partial charge is 0.321 e. The molecule has 2 aliphatic heterocycles. The van der Waals surface area contributed by atoms with Gasteiger partial charge < -0.3 is 29.1 Å². The molecule has 0 unspecified atom stereocenters. The molecule has 0 radical (unpaired) electrons. The Kier molecular flexibility index (Phi) is 8.98. The van der Waals surface area contributed by atoms with Gasteiger partial charge in [-0.05, 0) is 43.7 Å². The van der Waals surface area contributed by atoms with Crippen molar-refractivity contribution in [3.8, 4) is 17.6 Å². The number of carboxylic acid groups (broad SMARTS) is 1. The highest BCUT2D eigenvalue weighted by Gasteiger charge is 2.29. The maximum absolute atomic E-state index is 11.5. The van der Waals surface area contributed by atoms with Crippen LogP contribution in [-0.4, -0.2) is 79.0 Å². The van der Waals surface area contributed by atoms with Crippen LogP contribution < -0.4 is 19.1 Å². The molecule has 0 bridgehead atoms. The Labute approximate surface area is 221 Å². The fraction of sp³-hybridized carbons (Fsp3) is 0.560. The Hall–Kier alpha value is -2.49. The largest absolute Gasteiger partial charge is 0.490 e. The van der Waals surface area contributed by atoms with Gasteiger partial charge in [0.2, 0.25) is 5.88 Å². The van der Waals surface area contributed by atoms with Crippen molar-refractivity contribution in [3.05, 3.63) is 33.8 Å². The number of aromatic nitrogens is 2. The maximum Gasteiger partial charge on any atom is 0.321 e. The van der Waals surface area contributed by atoms with Crippen LogP contribution in [0.1, 0.15) is 31.2 Å². The lowest BCUT2D eigenvalue weighted by atomic mass is 9.94. The Balaban J connectivity index is 1.29. The van der Waals surface area contributed by atoms with Crippen molar-refractivity contribution < 1.29 is 24.1 Å². The summed E-state index contributed by atoms with van der Waals surface area (Å²) in [5.41, 5.74) is 0.480. The van der Waals surface area contributed by atoms with Gasteiger partial charge in [-0.15, -0.1) is 0 Å². The van der Waals surface area contributed by atoms with Crippen LogP contribution in [0.25, 0.3) is 0 Å². The van der Waals surface area contributed by atoms with E-state index in [1.807, 2.05) is 6.07 Å². The monoisotopic (exact) mass is 538 g/mol. The third kappa shape index (κ3) is 6.63. The second kappa shape index (κ2) is 12.2. The van der Waals surface area contributed by atoms with Crippen molar-refractivity contribution in [1.82, 2.24) is 14.9 Å². The summed E-state index contributed by atoms with van der Waals surface area (Å²) < 4.78 is 16.7. The van der Waals surface area contributed by atoms with E-state index < -0.39 is 5.97 Å². The number of halogens is 2. The van der Waals surface area contributed by atoms with Gasteiger partial charge in [0.1, 0.15) is 17.7 Å². The standard InChI is InChI=1S/C25H32Cl2N4O5/c1-34-24-19(14-22(32)33)23(28-25(29-24)35-2)31-11-5-16(6-12-31)15-30-9-7-17(8-10-30)36-18-3-4-20(26)21(27)13-18/h3-4,13,16-17H,5-12,14-15H2,1-2H3,(H,32,33). The number of carbonyl (C=O) groups is 1. The van der Waals surface area contributed by atoms with Gasteiger partial charge in [-0.1, -0.05) is 23.2 Å². The van der Waals surface area contributed by atoms with Crippen molar-refractivity contribution in [1.29, 1.82) is 0 Å². The van der Waals surface area contributed by atoms with Crippen molar-refractivity contribution in [2.75, 3.05) is 51.8 Å². The number of methoxy groups -OCH3 is 2. The van der Waals surface area contributed by atoms with Crippen LogP contribution in [0.4, 0.5) is 5.82 Å². The van der Waals surface area contributed by atoms with E-state index in [1.54, 1.807) is 12.1 Å². The molecule has 11 heteroatoms. The molecule has 0 amide bonds. The highest BCUT2D eigenvalue weighted by molar-refractivity contribution is 6.42. The molecule has 1 N–H and O–H groups in total. The molecule has 9 nitrogen and oxygen atoms in total. The summed E-state index contributed by atoms with van der Waals surface area (Å²) in [5.74, 6) is 1.20. The van der Waals surface area contributed by atoms with Gasteiger partial charge in [0, 0.05) is 38.8 Å². The minimum absolute atomic E-state index is 0.170. The number of likely N-dealkylation sites (tertiary alicyclic amines) is 1. The summed E-state index contributed by atoms with van der Waals surface area (Å²) in [7, 11) is 2.96. The van der Waals surface area contributed by atoms with E-state index in [1.165, 1.54) is 14.2 Å². The number of carboxylic acids is 1. The first kappa shape index (κ1) is 26.6. The molecule has 2 aromatic rings. The number of aliphatic carboxylic acids is 1. The Morgan fingerprint density at radius 3 is 2.36 bits per heavy atom. The second-order valence-corrected chi connectivity index (χ2v) is 10.0. The quantitative estimate of drug-likeness (QED) is 0.503. The van der Waals surface area contributed by atoms with E-state index in [-0.39, 0.29) is 24.4 Å². The molecular formula is C25H32Cl2N4O5. The molecular weight excluding hydrogens is 507 g/mol. The number of ether oxygens (including phenoxy) is 3. The molecule has 0 atom stereocenters. The van der Waals surface area contributed by atoms with Crippen LogP contribution in [0.5, 0.6) is 17.6 Å². The van der Waals surface area contributed by atoms with E-state index >= 15 is 0 Å². The third-order valence-electron chi connectivity index (χ3n) is 6.79. The SMILES string of the molecule is COc1nc(OC)c(CC(=O)O)c(N2CCC(CN3CCC(Oc4ccc(Cl)c(Cl)c4)CC3)CC2)n1. The topological polar surface area (TPSA) is 97.2 Å². The Morgan fingerprint density at radius 2 is 1.75 bits per heavy atom. The number of hydrogen-bond donors (Lipinski definition) is 1. The molecule has 0 aliphatic carbocycles. The summed E-state index contributed by atoms with van der Waals surface area (Å²) in [6.07, 6.45) is 3.91. The number of anilines is 1. The number of rotatable bonds is 9. The molecule has 0 saturated carbocycles. The van der Waals surface area contributed by atoms with Crippen LogP contribution in [0.3, 0.4) is 0 Å². The molecule has 196 valence electrons. The van der Waals surface area contributed by atoms with Gasteiger partial charge in [-0.2, -0.15) is 9.97 Å². The molecule has 36 heavy (non-hydrogen) atoms. The molecule has 1 aromatic heterocycles. The number of piperidine rings is 2. The summed E-state index contributed by atoms with van der Waals surface area (Å²) in [6.45, 7) is 4.62. The lowest BCUT2D eigenvalue weighted by Gasteiger charge is -2.38. The average molecular weight is 539 g/mol. The summed E-state index contributed by atoms with van der Waals surface area (Å²) in [6, 6.07) is 5.57. The predicted molar refractivity (Wildman–Crippen MR) is 138 cm³/mol. The van der Waals surface area contributed by atoms with Crippen LogP contribution in [-0.2, 0) is 11.2 Å². The van der Waals surface area contributed by atoms with Gasteiger partial charge in [0.25, 0.3) is 0 Å².